The molecule has 3 amide bonds. The van der Waals surface area contributed by atoms with Crippen molar-refractivity contribution < 1.29 is 23.9 Å². The lowest BCUT2D eigenvalue weighted by molar-refractivity contribution is -0.136. The fourth-order valence-electron chi connectivity index (χ4n) is 5.42. The minimum atomic E-state index is -0.641. The Morgan fingerprint density at radius 3 is 2.53 bits per heavy atom. The van der Waals surface area contributed by atoms with Crippen molar-refractivity contribution in [1.29, 1.82) is 0 Å². The van der Waals surface area contributed by atoms with Crippen molar-refractivity contribution in [1.82, 2.24) is 15.1 Å². The largest absolute Gasteiger partial charge is 0.495 e. The maximum atomic E-state index is 13.1. The van der Waals surface area contributed by atoms with Crippen molar-refractivity contribution >= 4 is 52.2 Å². The summed E-state index contributed by atoms with van der Waals surface area (Å²) in [7, 11) is 6.31. The molecule has 2 aromatic carbocycles. The van der Waals surface area contributed by atoms with E-state index >= 15 is 0 Å². The molecular formula is C25H30B3N3O5. The Balaban J connectivity index is 1.32. The third-order valence-corrected chi connectivity index (χ3v) is 7.52. The number of fused-ring (bicyclic) bond motifs is 1. The number of morpholine rings is 1. The number of hydrogen-bond donors (Lipinski definition) is 1. The van der Waals surface area contributed by atoms with E-state index < -0.39 is 11.9 Å². The highest BCUT2D eigenvalue weighted by molar-refractivity contribution is 6.40. The summed E-state index contributed by atoms with van der Waals surface area (Å²) in [6.45, 7) is 4.68. The van der Waals surface area contributed by atoms with Crippen LogP contribution in [0.15, 0.2) is 30.3 Å². The van der Waals surface area contributed by atoms with Gasteiger partial charge in [-0.1, -0.05) is 29.1 Å². The van der Waals surface area contributed by atoms with Crippen LogP contribution in [0.1, 0.15) is 45.9 Å². The SMILES string of the molecule is Bc1cc(C(B)Oc2cccc3c2CN(C2CCC(=O)NC2=O)C3=O)cc(B)c1CN1CCOCC1. The fourth-order valence-corrected chi connectivity index (χ4v) is 5.42. The monoisotopic (exact) mass is 485 g/mol. The number of carbonyl (C=O) groups excluding carboxylic acids is 3. The zero-order chi connectivity index (χ0) is 25.4. The number of carbonyl (C=O) groups is 3. The maximum Gasteiger partial charge on any atom is 0.255 e. The summed E-state index contributed by atoms with van der Waals surface area (Å²) in [6, 6.07) is 8.99. The van der Waals surface area contributed by atoms with Crippen molar-refractivity contribution in [2.24, 2.45) is 0 Å². The Kier molecular flexibility index (Phi) is 6.95. The van der Waals surface area contributed by atoms with E-state index in [-0.39, 0.29) is 24.2 Å². The van der Waals surface area contributed by atoms with Gasteiger partial charge in [-0.15, -0.1) is 0 Å². The maximum absolute atomic E-state index is 13.1. The lowest BCUT2D eigenvalue weighted by atomic mass is 9.76. The Morgan fingerprint density at radius 2 is 1.83 bits per heavy atom. The molecule has 3 aliphatic rings. The third-order valence-electron chi connectivity index (χ3n) is 7.52. The van der Waals surface area contributed by atoms with E-state index in [1.807, 2.05) is 20.0 Å². The normalized spacial score (nSPS) is 21.3. The molecule has 2 unspecified atom stereocenters. The lowest BCUT2D eigenvalue weighted by Crippen LogP contribution is -2.52. The first-order valence-corrected chi connectivity index (χ1v) is 12.6. The van der Waals surface area contributed by atoms with Crippen LogP contribution in [-0.2, 0) is 27.4 Å². The minimum absolute atomic E-state index is 0.197. The molecule has 0 saturated carbocycles. The van der Waals surface area contributed by atoms with Crippen LogP contribution in [-0.4, -0.2) is 83.4 Å². The first-order valence-electron chi connectivity index (χ1n) is 12.6. The molecule has 184 valence electrons. The first kappa shape index (κ1) is 24.7. The van der Waals surface area contributed by atoms with Gasteiger partial charge in [0.1, 0.15) is 27.5 Å². The summed E-state index contributed by atoms with van der Waals surface area (Å²) < 4.78 is 11.9. The van der Waals surface area contributed by atoms with Crippen LogP contribution >= 0.6 is 0 Å². The van der Waals surface area contributed by atoms with Gasteiger partial charge >= 0.3 is 0 Å². The van der Waals surface area contributed by atoms with Crippen molar-refractivity contribution in [2.75, 3.05) is 26.3 Å². The van der Waals surface area contributed by atoms with Gasteiger partial charge in [0.25, 0.3) is 5.91 Å². The van der Waals surface area contributed by atoms with Crippen LogP contribution in [0.3, 0.4) is 0 Å². The molecule has 36 heavy (non-hydrogen) atoms. The van der Waals surface area contributed by atoms with E-state index in [2.05, 4.69) is 38.0 Å². The quantitative estimate of drug-likeness (QED) is 0.360. The summed E-state index contributed by atoms with van der Waals surface area (Å²) >= 11 is 0. The molecule has 11 heteroatoms. The number of piperidine rings is 1. The lowest BCUT2D eigenvalue weighted by Gasteiger charge is -2.29. The van der Waals surface area contributed by atoms with Gasteiger partial charge in [0.2, 0.25) is 11.8 Å². The van der Waals surface area contributed by atoms with Crippen LogP contribution in [0, 0.1) is 0 Å². The second-order valence-electron chi connectivity index (χ2n) is 9.96. The second-order valence-corrected chi connectivity index (χ2v) is 9.96. The number of hydrogen-bond acceptors (Lipinski definition) is 6. The van der Waals surface area contributed by atoms with Crippen LogP contribution in [0.5, 0.6) is 5.75 Å². The summed E-state index contributed by atoms with van der Waals surface area (Å²) in [5.41, 5.74) is 6.25. The summed E-state index contributed by atoms with van der Waals surface area (Å²) in [6.07, 6.45) is 0.573. The molecule has 8 nitrogen and oxygen atoms in total. The number of nitrogens with one attached hydrogen (secondary N) is 1. The molecule has 2 saturated heterocycles. The Bertz CT molecular complexity index is 1190. The van der Waals surface area contributed by atoms with Gasteiger partial charge < -0.3 is 14.4 Å². The topological polar surface area (TPSA) is 88.2 Å². The first-order chi connectivity index (χ1) is 17.3. The number of ether oxygens (including phenoxy) is 2. The number of nitrogens with zero attached hydrogens (tertiary/aromatic N) is 2. The molecule has 0 aromatic heterocycles. The van der Waals surface area contributed by atoms with Crippen molar-refractivity contribution in [3.8, 4) is 5.75 Å². The molecule has 3 heterocycles. The van der Waals surface area contributed by atoms with Gasteiger partial charge in [0.15, 0.2) is 7.85 Å². The van der Waals surface area contributed by atoms with Crippen LogP contribution < -0.4 is 21.0 Å². The number of amides is 3. The minimum Gasteiger partial charge on any atom is -0.495 e. The molecule has 0 radical (unpaired) electrons. The van der Waals surface area contributed by atoms with E-state index in [1.165, 1.54) is 16.5 Å². The summed E-state index contributed by atoms with van der Waals surface area (Å²) in [4.78, 5) is 41.0. The van der Waals surface area contributed by atoms with Crippen molar-refractivity contribution in [3.05, 3.63) is 52.6 Å². The van der Waals surface area contributed by atoms with Gasteiger partial charge in [-0.2, -0.15) is 0 Å². The highest BCUT2D eigenvalue weighted by atomic mass is 16.5. The standard InChI is InChI=1S/C25H30B3N3O5/c26-18-10-14(11-19(27)17(18)12-30-6-8-35-9-7-30)23(28)36-21-3-1-2-15-16(21)13-31(25(15)34)20-4-5-22(32)29-24(20)33/h1-3,10-11,20,23H,4-9,12-13,26-28H2,(H,29,32,33). The average Bonchev–Trinajstić information content (AvgIpc) is 3.19. The summed E-state index contributed by atoms with van der Waals surface area (Å²) in [5.74, 6) is -0.251. The number of imide groups is 1. The number of benzene rings is 2. The molecule has 2 atom stereocenters. The van der Waals surface area contributed by atoms with Gasteiger partial charge in [0.05, 0.1) is 25.8 Å². The Morgan fingerprint density at radius 1 is 1.11 bits per heavy atom. The smallest absolute Gasteiger partial charge is 0.255 e. The number of rotatable bonds is 6. The molecule has 0 bridgehead atoms. The molecule has 1 N–H and O–H groups in total. The Hall–Kier alpha value is -3.04. The van der Waals surface area contributed by atoms with Crippen molar-refractivity contribution in [2.45, 2.75) is 38.0 Å². The van der Waals surface area contributed by atoms with E-state index in [4.69, 9.17) is 9.47 Å². The van der Waals surface area contributed by atoms with E-state index in [9.17, 15) is 14.4 Å². The van der Waals surface area contributed by atoms with Crippen molar-refractivity contribution in [3.63, 3.8) is 0 Å². The van der Waals surface area contributed by atoms with Crippen LogP contribution in [0.2, 0.25) is 0 Å². The average molecular weight is 485 g/mol. The zero-order valence-corrected chi connectivity index (χ0v) is 21.1. The van der Waals surface area contributed by atoms with E-state index in [0.29, 0.717) is 24.3 Å². The second kappa shape index (κ2) is 10.1. The van der Waals surface area contributed by atoms with Crippen LogP contribution in [0.4, 0.5) is 0 Å². The molecule has 0 spiro atoms. The molecule has 0 aliphatic carbocycles. The molecule has 3 aliphatic heterocycles. The predicted molar refractivity (Wildman–Crippen MR) is 143 cm³/mol. The van der Waals surface area contributed by atoms with E-state index in [1.54, 1.807) is 11.0 Å². The molecule has 2 fully saturated rings. The predicted octanol–water partition coefficient (Wildman–Crippen LogP) is -2.49. The van der Waals surface area contributed by atoms with Crippen LogP contribution in [0.25, 0.3) is 0 Å². The van der Waals surface area contributed by atoms with Gasteiger partial charge in [-0.05, 0) is 29.7 Å². The van der Waals surface area contributed by atoms with Gasteiger partial charge in [0, 0.05) is 37.2 Å². The highest BCUT2D eigenvalue weighted by Crippen LogP contribution is 2.35. The molecule has 5 rings (SSSR count). The highest BCUT2D eigenvalue weighted by Gasteiger charge is 2.40. The van der Waals surface area contributed by atoms with E-state index in [0.717, 1.165) is 44.0 Å². The van der Waals surface area contributed by atoms with Gasteiger partial charge in [-0.3, -0.25) is 24.6 Å². The fraction of sp³-hybridized carbons (Fsp3) is 0.400. The third kappa shape index (κ3) is 4.82. The summed E-state index contributed by atoms with van der Waals surface area (Å²) in [5, 5.41) is 2.35. The molecule has 2 aromatic rings. The zero-order valence-electron chi connectivity index (χ0n) is 21.1. The Labute approximate surface area is 213 Å². The molecular weight excluding hydrogens is 455 g/mol. The van der Waals surface area contributed by atoms with Gasteiger partial charge in [-0.25, -0.2) is 0 Å².